The van der Waals surface area contributed by atoms with Crippen LogP contribution in [0.1, 0.15) is 0 Å². The van der Waals surface area contributed by atoms with Gasteiger partial charge in [0.1, 0.15) is 0 Å². The number of hydrogen-bond acceptors (Lipinski definition) is 3. The first-order chi connectivity index (χ1) is 31.2. The van der Waals surface area contributed by atoms with E-state index < -0.39 is 0 Å². The van der Waals surface area contributed by atoms with Gasteiger partial charge in [0.05, 0.1) is 33.1 Å². The quantitative estimate of drug-likeness (QED) is 0.168. The summed E-state index contributed by atoms with van der Waals surface area (Å²) in [6.45, 7) is 0. The molecule has 294 valence electrons. The Morgan fingerprint density at radius 3 is 0.889 bits per heavy atom. The first kappa shape index (κ1) is 35.2. The van der Waals surface area contributed by atoms with Gasteiger partial charge < -0.3 is 13.7 Å². The number of benzene rings is 9. The Balaban J connectivity index is 1.04. The highest BCUT2D eigenvalue weighted by atomic mass is 15.0. The summed E-state index contributed by atoms with van der Waals surface area (Å²) < 4.78 is 7.21. The molecule has 4 heterocycles. The highest BCUT2D eigenvalue weighted by Crippen LogP contribution is 2.39. The van der Waals surface area contributed by atoms with Crippen LogP contribution in [0.2, 0.25) is 0 Å². The highest BCUT2D eigenvalue weighted by Gasteiger charge is 2.20. The van der Waals surface area contributed by atoms with Gasteiger partial charge in [0.2, 0.25) is 0 Å². The molecule has 0 spiro atoms. The molecule has 13 rings (SSSR count). The Hall–Kier alpha value is -8.61. The molecular formula is C57H36N6. The van der Waals surface area contributed by atoms with E-state index in [1.807, 2.05) is 60.7 Å². The number of rotatable bonds is 6. The van der Waals surface area contributed by atoms with Gasteiger partial charge in [-0.2, -0.15) is 0 Å². The van der Waals surface area contributed by atoms with E-state index in [9.17, 15) is 0 Å². The zero-order valence-electron chi connectivity index (χ0n) is 34.0. The second-order valence-corrected chi connectivity index (χ2v) is 16.1. The molecule has 0 unspecified atom stereocenters. The third-order valence-corrected chi connectivity index (χ3v) is 12.5. The summed E-state index contributed by atoms with van der Waals surface area (Å²) in [5, 5.41) is 7.33. The molecule has 0 fully saturated rings. The van der Waals surface area contributed by atoms with Gasteiger partial charge in [0.25, 0.3) is 0 Å². The lowest BCUT2D eigenvalue weighted by atomic mass is 10.1. The van der Waals surface area contributed by atoms with E-state index in [1.165, 1.54) is 54.4 Å². The van der Waals surface area contributed by atoms with Crippen molar-refractivity contribution in [2.24, 2.45) is 0 Å². The smallest absolute Gasteiger partial charge is 0.164 e. The molecule has 0 amide bonds. The Labute approximate surface area is 362 Å². The van der Waals surface area contributed by atoms with Crippen LogP contribution in [0.25, 0.3) is 117 Å². The topological polar surface area (TPSA) is 53.5 Å². The minimum absolute atomic E-state index is 0.624. The molecule has 0 aliphatic carbocycles. The first-order valence-electron chi connectivity index (χ1n) is 21.3. The molecule has 63 heavy (non-hydrogen) atoms. The molecule has 0 bridgehead atoms. The fourth-order valence-electron chi connectivity index (χ4n) is 9.65. The average molecular weight is 805 g/mol. The molecule has 6 nitrogen and oxygen atoms in total. The van der Waals surface area contributed by atoms with Crippen LogP contribution in [0.4, 0.5) is 0 Å². The Morgan fingerprint density at radius 2 is 0.508 bits per heavy atom. The lowest BCUT2D eigenvalue weighted by molar-refractivity contribution is 1.07. The monoisotopic (exact) mass is 804 g/mol. The standard InChI is InChI=1S/C57H36N6/c1-3-15-37(16-4-1)55-58-56(38-17-5-2-6-18-38)60-57(59-55)39-27-29-40(30-28-39)61-53-35-41(62-49-23-11-7-19-43(49)44-20-8-12-24-50(44)62)31-33-47(53)48-34-32-42(36-54(48)61)63-51-25-13-9-21-45(51)46-22-10-14-26-52(46)63/h1-36H. The summed E-state index contributed by atoms with van der Waals surface area (Å²) in [6, 6.07) is 77.5. The second kappa shape index (κ2) is 14.0. The molecule has 0 aliphatic rings. The summed E-state index contributed by atoms with van der Waals surface area (Å²) in [5.74, 6) is 1.90. The Bertz CT molecular complexity index is 3560. The fourth-order valence-corrected chi connectivity index (χ4v) is 9.65. The van der Waals surface area contributed by atoms with Gasteiger partial charge in [-0.1, -0.05) is 146 Å². The normalized spacial score (nSPS) is 11.8. The average Bonchev–Trinajstić information content (AvgIpc) is 3.99. The lowest BCUT2D eigenvalue weighted by Gasteiger charge is -2.13. The maximum Gasteiger partial charge on any atom is 0.164 e. The van der Waals surface area contributed by atoms with E-state index in [4.69, 9.17) is 15.0 Å². The van der Waals surface area contributed by atoms with Gasteiger partial charge in [-0.15, -0.1) is 0 Å². The number of para-hydroxylation sites is 4. The van der Waals surface area contributed by atoms with E-state index in [-0.39, 0.29) is 0 Å². The number of fused-ring (bicyclic) bond motifs is 9. The van der Waals surface area contributed by atoms with Gasteiger partial charge in [-0.05, 0) is 72.8 Å². The maximum absolute atomic E-state index is 5.04. The largest absolute Gasteiger partial charge is 0.309 e. The maximum atomic E-state index is 5.04. The van der Waals surface area contributed by atoms with Crippen LogP contribution in [0.3, 0.4) is 0 Å². The SMILES string of the molecule is c1ccc(-c2nc(-c3ccccc3)nc(-c3ccc(-n4c5cc(-n6c7ccccc7c7ccccc76)ccc5c5ccc(-n6c7ccccc7c7ccccc76)cc54)cc3)n2)cc1. The summed E-state index contributed by atoms with van der Waals surface area (Å²) >= 11 is 0. The molecule has 0 radical (unpaired) electrons. The third-order valence-electron chi connectivity index (χ3n) is 12.5. The zero-order chi connectivity index (χ0) is 41.4. The minimum Gasteiger partial charge on any atom is -0.309 e. The van der Waals surface area contributed by atoms with Gasteiger partial charge in [0, 0.05) is 66.1 Å². The van der Waals surface area contributed by atoms with Crippen molar-refractivity contribution in [1.29, 1.82) is 0 Å². The first-order valence-corrected chi connectivity index (χ1v) is 21.3. The van der Waals surface area contributed by atoms with E-state index >= 15 is 0 Å². The summed E-state index contributed by atoms with van der Waals surface area (Å²) in [7, 11) is 0. The van der Waals surface area contributed by atoms with E-state index in [0.717, 1.165) is 44.8 Å². The Kier molecular flexibility index (Phi) is 7.80. The van der Waals surface area contributed by atoms with E-state index in [1.54, 1.807) is 0 Å². The molecule has 0 aliphatic heterocycles. The van der Waals surface area contributed by atoms with Crippen LogP contribution in [0, 0.1) is 0 Å². The predicted octanol–water partition coefficient (Wildman–Crippen LogP) is 14.2. The third kappa shape index (κ3) is 5.55. The molecule has 13 aromatic rings. The molecule has 6 heteroatoms. The van der Waals surface area contributed by atoms with Crippen molar-refractivity contribution in [2.45, 2.75) is 0 Å². The summed E-state index contributed by atoms with van der Waals surface area (Å²) in [4.78, 5) is 15.0. The second-order valence-electron chi connectivity index (χ2n) is 16.1. The van der Waals surface area contributed by atoms with Crippen molar-refractivity contribution in [2.75, 3.05) is 0 Å². The molecule has 0 saturated heterocycles. The van der Waals surface area contributed by atoms with Crippen molar-refractivity contribution >= 4 is 65.4 Å². The van der Waals surface area contributed by atoms with Crippen molar-refractivity contribution in [1.82, 2.24) is 28.7 Å². The molecular weight excluding hydrogens is 769 g/mol. The van der Waals surface area contributed by atoms with Crippen LogP contribution in [-0.2, 0) is 0 Å². The minimum atomic E-state index is 0.624. The van der Waals surface area contributed by atoms with Crippen molar-refractivity contribution < 1.29 is 0 Å². The molecule has 0 N–H and O–H groups in total. The zero-order valence-corrected chi connectivity index (χ0v) is 34.0. The van der Waals surface area contributed by atoms with Gasteiger partial charge in [-0.25, -0.2) is 15.0 Å². The number of aromatic nitrogens is 6. The highest BCUT2D eigenvalue weighted by molar-refractivity contribution is 6.13. The van der Waals surface area contributed by atoms with Crippen molar-refractivity contribution in [3.63, 3.8) is 0 Å². The molecule has 4 aromatic heterocycles. The molecule has 0 saturated carbocycles. The van der Waals surface area contributed by atoms with E-state index in [2.05, 4.69) is 171 Å². The molecule has 9 aromatic carbocycles. The Morgan fingerprint density at radius 1 is 0.222 bits per heavy atom. The number of nitrogens with zero attached hydrogens (tertiary/aromatic N) is 6. The fraction of sp³-hybridized carbons (Fsp3) is 0. The van der Waals surface area contributed by atoms with Crippen LogP contribution < -0.4 is 0 Å². The lowest BCUT2D eigenvalue weighted by Crippen LogP contribution is -2.01. The van der Waals surface area contributed by atoms with Crippen LogP contribution in [0.5, 0.6) is 0 Å². The van der Waals surface area contributed by atoms with Gasteiger partial charge in [-0.3, -0.25) is 0 Å². The van der Waals surface area contributed by atoms with Crippen LogP contribution in [0.15, 0.2) is 218 Å². The summed E-state index contributed by atoms with van der Waals surface area (Å²) in [6.07, 6.45) is 0. The van der Waals surface area contributed by atoms with Crippen molar-refractivity contribution in [3.05, 3.63) is 218 Å². The summed E-state index contributed by atoms with van der Waals surface area (Å²) in [5.41, 5.74) is 13.0. The van der Waals surface area contributed by atoms with Crippen LogP contribution in [-0.4, -0.2) is 28.7 Å². The van der Waals surface area contributed by atoms with Crippen molar-refractivity contribution in [3.8, 4) is 51.2 Å². The van der Waals surface area contributed by atoms with E-state index in [0.29, 0.717) is 17.5 Å². The molecule has 0 atom stereocenters. The van der Waals surface area contributed by atoms with Gasteiger partial charge >= 0.3 is 0 Å². The van der Waals surface area contributed by atoms with Gasteiger partial charge in [0.15, 0.2) is 17.5 Å². The number of hydrogen-bond donors (Lipinski definition) is 0. The van der Waals surface area contributed by atoms with Crippen LogP contribution >= 0.6 is 0 Å². The predicted molar refractivity (Wildman–Crippen MR) is 259 cm³/mol.